The van der Waals surface area contributed by atoms with Crippen LogP contribution in [0.4, 0.5) is 13.2 Å². The molecule has 0 aliphatic carbocycles. The molecule has 0 spiro atoms. The van der Waals surface area contributed by atoms with Crippen molar-refractivity contribution in [2.45, 2.75) is 31.7 Å². The van der Waals surface area contributed by atoms with Gasteiger partial charge in [0.1, 0.15) is 0 Å². The average Bonchev–Trinajstić information content (AvgIpc) is 2.64. The van der Waals surface area contributed by atoms with Crippen LogP contribution in [0.25, 0.3) is 0 Å². The Morgan fingerprint density at radius 2 is 1.89 bits per heavy atom. The molecule has 2 N–H and O–H groups in total. The van der Waals surface area contributed by atoms with Gasteiger partial charge in [0.25, 0.3) is 5.91 Å². The van der Waals surface area contributed by atoms with Crippen molar-refractivity contribution in [2.75, 3.05) is 7.11 Å². The van der Waals surface area contributed by atoms with Gasteiger partial charge in [0.2, 0.25) is 5.88 Å². The van der Waals surface area contributed by atoms with E-state index in [2.05, 4.69) is 10.3 Å². The van der Waals surface area contributed by atoms with E-state index in [0.717, 1.165) is 6.07 Å². The second kappa shape index (κ2) is 8.14. The fourth-order valence-electron chi connectivity index (χ4n) is 2.51. The van der Waals surface area contributed by atoms with Crippen LogP contribution in [0.3, 0.4) is 0 Å². The second-order valence-electron chi connectivity index (χ2n) is 5.79. The van der Waals surface area contributed by atoms with Crippen molar-refractivity contribution in [3.05, 3.63) is 58.2 Å². The number of rotatable bonds is 6. The normalized spacial score (nSPS) is 13.7. The highest BCUT2D eigenvalue weighted by molar-refractivity contribution is 6.30. The molecule has 27 heavy (non-hydrogen) atoms. The Morgan fingerprint density at radius 1 is 1.26 bits per heavy atom. The van der Waals surface area contributed by atoms with Gasteiger partial charge in [0.05, 0.1) is 12.7 Å². The molecule has 1 atom stereocenters. The molecule has 1 amide bonds. The third-order valence-electron chi connectivity index (χ3n) is 4.09. The Bertz CT molecular complexity index is 812. The van der Waals surface area contributed by atoms with Gasteiger partial charge >= 0.3 is 6.18 Å². The molecule has 0 aliphatic rings. The van der Waals surface area contributed by atoms with Gasteiger partial charge in [-0.05, 0) is 30.2 Å². The molecule has 2 rings (SSSR count). The highest BCUT2D eigenvalue weighted by atomic mass is 35.5. The monoisotopic (exact) mass is 402 g/mol. The van der Waals surface area contributed by atoms with E-state index in [1.165, 1.54) is 31.4 Å². The Hall–Kier alpha value is -2.32. The number of pyridine rings is 1. The van der Waals surface area contributed by atoms with E-state index in [0.29, 0.717) is 16.8 Å². The minimum Gasteiger partial charge on any atom is -0.481 e. The maximum atomic E-state index is 12.9. The summed E-state index contributed by atoms with van der Waals surface area (Å²) in [6, 6.07) is 6.93. The van der Waals surface area contributed by atoms with Crippen LogP contribution in [0.1, 0.15) is 30.0 Å². The van der Waals surface area contributed by atoms with Crippen molar-refractivity contribution in [3.8, 4) is 5.88 Å². The summed E-state index contributed by atoms with van der Waals surface area (Å²) in [5, 5.41) is 13.6. The summed E-state index contributed by atoms with van der Waals surface area (Å²) in [5.41, 5.74) is -2.46. The van der Waals surface area contributed by atoms with Crippen molar-refractivity contribution < 1.29 is 27.8 Å². The van der Waals surface area contributed by atoms with E-state index in [-0.39, 0.29) is 24.4 Å². The maximum absolute atomic E-state index is 12.9. The SMILES string of the molecule is CC[C@](O)(C(=O)NCc1cc(C(F)(F)F)cnc1OC)c1ccc(Cl)cc1. The smallest absolute Gasteiger partial charge is 0.417 e. The first-order chi connectivity index (χ1) is 12.6. The van der Waals surface area contributed by atoms with Crippen molar-refractivity contribution in [3.63, 3.8) is 0 Å². The highest BCUT2D eigenvalue weighted by Gasteiger charge is 2.36. The van der Waals surface area contributed by atoms with E-state index >= 15 is 0 Å². The Labute approximate surface area is 159 Å². The first-order valence-corrected chi connectivity index (χ1v) is 8.36. The van der Waals surface area contributed by atoms with Gasteiger partial charge < -0.3 is 15.2 Å². The van der Waals surface area contributed by atoms with Crippen LogP contribution in [0, 0.1) is 0 Å². The molecule has 0 aliphatic heterocycles. The van der Waals surface area contributed by atoms with Gasteiger partial charge in [0.15, 0.2) is 5.60 Å². The number of hydrogen-bond acceptors (Lipinski definition) is 4. The Balaban J connectivity index is 2.24. The lowest BCUT2D eigenvalue weighted by atomic mass is 9.90. The summed E-state index contributed by atoms with van der Waals surface area (Å²) in [5.74, 6) is -0.804. The number of ether oxygens (including phenoxy) is 1. The molecule has 0 saturated heterocycles. The van der Waals surface area contributed by atoms with Crippen LogP contribution in [0.5, 0.6) is 5.88 Å². The lowest BCUT2D eigenvalue weighted by Crippen LogP contribution is -2.43. The standard InChI is InChI=1S/C18H18ClF3N2O3/c1-3-17(26,12-4-6-14(19)7-5-12)16(25)24-9-11-8-13(18(20,21)22)10-23-15(11)27-2/h4-8,10,26H,3,9H2,1-2H3,(H,24,25)/t17-/m1/s1. The maximum Gasteiger partial charge on any atom is 0.417 e. The number of hydrogen-bond donors (Lipinski definition) is 2. The summed E-state index contributed by atoms with van der Waals surface area (Å²) < 4.78 is 43.6. The van der Waals surface area contributed by atoms with Gasteiger partial charge in [-0.25, -0.2) is 4.98 Å². The molecule has 1 aromatic carbocycles. The molecular formula is C18H18ClF3N2O3. The number of nitrogens with one attached hydrogen (secondary N) is 1. The zero-order chi connectivity index (χ0) is 20.2. The quantitative estimate of drug-likeness (QED) is 0.773. The van der Waals surface area contributed by atoms with Gasteiger partial charge in [-0.1, -0.05) is 30.7 Å². The molecule has 1 aromatic heterocycles. The van der Waals surface area contributed by atoms with Crippen LogP contribution in [0.2, 0.25) is 5.02 Å². The van der Waals surface area contributed by atoms with Crippen molar-refractivity contribution in [1.82, 2.24) is 10.3 Å². The number of carbonyl (C=O) groups excluding carboxylic acids is 1. The topological polar surface area (TPSA) is 71.5 Å². The number of methoxy groups -OCH3 is 1. The van der Waals surface area contributed by atoms with Crippen LogP contribution in [0.15, 0.2) is 36.5 Å². The predicted octanol–water partition coefficient (Wildman–Crippen LogP) is 3.68. The van der Waals surface area contributed by atoms with E-state index < -0.39 is 23.2 Å². The lowest BCUT2D eigenvalue weighted by molar-refractivity contribution is -0.141. The number of aliphatic hydroxyl groups is 1. The molecule has 0 radical (unpaired) electrons. The molecule has 0 bridgehead atoms. The van der Waals surface area contributed by atoms with Gasteiger partial charge in [-0.3, -0.25) is 4.79 Å². The van der Waals surface area contributed by atoms with Crippen LogP contribution >= 0.6 is 11.6 Å². The summed E-state index contributed by atoms with van der Waals surface area (Å²) in [7, 11) is 1.26. The van der Waals surface area contributed by atoms with Gasteiger partial charge in [-0.15, -0.1) is 0 Å². The minimum absolute atomic E-state index is 0.0373. The lowest BCUT2D eigenvalue weighted by Gasteiger charge is -2.26. The fraction of sp³-hybridized carbons (Fsp3) is 0.333. The highest BCUT2D eigenvalue weighted by Crippen LogP contribution is 2.31. The molecule has 9 heteroatoms. The number of halogens is 4. The van der Waals surface area contributed by atoms with Crippen LogP contribution in [-0.4, -0.2) is 23.1 Å². The van der Waals surface area contributed by atoms with E-state index in [1.807, 2.05) is 0 Å². The van der Waals surface area contributed by atoms with Crippen LogP contribution in [-0.2, 0) is 23.1 Å². The number of amides is 1. The van der Waals surface area contributed by atoms with Gasteiger partial charge in [-0.2, -0.15) is 13.2 Å². The number of nitrogens with zero attached hydrogens (tertiary/aromatic N) is 1. The van der Waals surface area contributed by atoms with E-state index in [1.54, 1.807) is 6.92 Å². The molecular weight excluding hydrogens is 385 g/mol. The summed E-state index contributed by atoms with van der Waals surface area (Å²) in [6.45, 7) is 1.31. The molecule has 0 unspecified atom stereocenters. The third kappa shape index (κ3) is 4.70. The largest absolute Gasteiger partial charge is 0.481 e. The molecule has 0 fully saturated rings. The fourth-order valence-corrected chi connectivity index (χ4v) is 2.63. The van der Waals surface area contributed by atoms with Crippen LogP contribution < -0.4 is 10.1 Å². The molecule has 5 nitrogen and oxygen atoms in total. The third-order valence-corrected chi connectivity index (χ3v) is 4.35. The Morgan fingerprint density at radius 3 is 2.41 bits per heavy atom. The van der Waals surface area contributed by atoms with E-state index in [4.69, 9.17) is 16.3 Å². The van der Waals surface area contributed by atoms with Gasteiger partial charge in [0, 0.05) is 23.3 Å². The average molecular weight is 403 g/mol. The molecule has 2 aromatic rings. The van der Waals surface area contributed by atoms with Crippen molar-refractivity contribution in [1.29, 1.82) is 0 Å². The second-order valence-corrected chi connectivity index (χ2v) is 6.23. The van der Waals surface area contributed by atoms with Crippen molar-refractivity contribution in [2.24, 2.45) is 0 Å². The van der Waals surface area contributed by atoms with E-state index in [9.17, 15) is 23.1 Å². The summed E-state index contributed by atoms with van der Waals surface area (Å²) >= 11 is 5.82. The minimum atomic E-state index is -4.58. The summed E-state index contributed by atoms with van der Waals surface area (Å²) in [4.78, 5) is 16.2. The summed E-state index contributed by atoms with van der Waals surface area (Å²) in [6.07, 6.45) is -3.87. The zero-order valence-electron chi connectivity index (χ0n) is 14.6. The molecule has 0 saturated carbocycles. The number of aromatic nitrogens is 1. The first-order valence-electron chi connectivity index (χ1n) is 7.98. The molecule has 1 heterocycles. The Kier molecular flexibility index (Phi) is 6.33. The number of carbonyl (C=O) groups is 1. The number of alkyl halides is 3. The molecule has 146 valence electrons. The van der Waals surface area contributed by atoms with Crippen molar-refractivity contribution >= 4 is 17.5 Å². The number of benzene rings is 1. The predicted molar refractivity (Wildman–Crippen MR) is 93.3 cm³/mol. The first kappa shape index (κ1) is 21.0. The zero-order valence-corrected chi connectivity index (χ0v) is 15.4.